The van der Waals surface area contributed by atoms with Crippen LogP contribution in [0.25, 0.3) is 0 Å². The third-order valence-electron chi connectivity index (χ3n) is 4.82. The fourth-order valence-corrected chi connectivity index (χ4v) is 3.33. The maximum absolute atomic E-state index is 12.3. The van der Waals surface area contributed by atoms with Gasteiger partial charge in [-0.3, -0.25) is 4.98 Å². The van der Waals surface area contributed by atoms with Gasteiger partial charge in [0.05, 0.1) is 6.10 Å². The number of carbonyl (C=O) groups excluding carboxylic acids is 1. The molecule has 6 nitrogen and oxygen atoms in total. The summed E-state index contributed by atoms with van der Waals surface area (Å²) in [5.74, 6) is 0.655. The van der Waals surface area contributed by atoms with E-state index in [-0.39, 0.29) is 12.1 Å². The Balaban J connectivity index is 1.69. The normalized spacial score (nSPS) is 16.8. The van der Waals surface area contributed by atoms with Crippen molar-refractivity contribution in [2.75, 3.05) is 31.1 Å². The average Bonchev–Trinajstić information content (AvgIpc) is 2.60. The van der Waals surface area contributed by atoms with Gasteiger partial charge in [-0.15, -0.1) is 0 Å². The third-order valence-corrected chi connectivity index (χ3v) is 4.82. The number of hydrogen-bond donors (Lipinski definition) is 2. The average molecular weight is 348 g/mol. The summed E-state index contributed by atoms with van der Waals surface area (Å²) in [7, 11) is 0. The molecule has 1 saturated heterocycles. The van der Waals surface area contributed by atoms with E-state index in [1.54, 1.807) is 11.8 Å². The van der Waals surface area contributed by atoms with Gasteiger partial charge in [-0.05, 0) is 58.1 Å². The predicted octanol–water partition coefficient (Wildman–Crippen LogP) is 2.49. The molecule has 2 amide bonds. The van der Waals surface area contributed by atoms with E-state index in [2.05, 4.69) is 27.3 Å². The first-order valence-electron chi connectivity index (χ1n) is 9.35. The van der Waals surface area contributed by atoms with Crippen LogP contribution in [0.1, 0.15) is 40.0 Å². The Hall–Kier alpha value is -1.82. The zero-order valence-corrected chi connectivity index (χ0v) is 15.7. The molecular formula is C19H32N4O2. The van der Waals surface area contributed by atoms with Crippen LogP contribution >= 0.6 is 0 Å². The number of nitrogens with one attached hydrogen (secondary N) is 1. The Bertz CT molecular complexity index is 513. The summed E-state index contributed by atoms with van der Waals surface area (Å²) in [6.45, 7) is 8.83. The maximum Gasteiger partial charge on any atom is 0.317 e. The summed E-state index contributed by atoms with van der Waals surface area (Å²) in [6.07, 6.45) is 6.48. The number of carbonyl (C=O) groups is 1. The fourth-order valence-electron chi connectivity index (χ4n) is 3.33. The molecule has 1 atom stereocenters. The Morgan fingerprint density at radius 2 is 1.96 bits per heavy atom. The molecule has 1 aliphatic heterocycles. The summed E-state index contributed by atoms with van der Waals surface area (Å²) in [5, 5.41) is 12.6. The monoisotopic (exact) mass is 348 g/mol. The Morgan fingerprint density at radius 3 is 2.52 bits per heavy atom. The first-order chi connectivity index (χ1) is 12.0. The van der Waals surface area contributed by atoms with Crippen LogP contribution in [0.3, 0.4) is 0 Å². The smallest absolute Gasteiger partial charge is 0.317 e. The van der Waals surface area contributed by atoms with Gasteiger partial charge in [0.25, 0.3) is 0 Å². The number of aliphatic hydroxyl groups is 1. The van der Waals surface area contributed by atoms with Gasteiger partial charge in [-0.1, -0.05) is 0 Å². The minimum atomic E-state index is -0.509. The number of nitrogens with zero attached hydrogens (tertiary/aromatic N) is 3. The Morgan fingerprint density at radius 1 is 1.32 bits per heavy atom. The minimum Gasteiger partial charge on any atom is -0.392 e. The lowest BCUT2D eigenvalue weighted by molar-refractivity contribution is 0.118. The number of hydrogen-bond acceptors (Lipinski definition) is 4. The molecule has 6 heteroatoms. The molecule has 0 aromatic carbocycles. The summed E-state index contributed by atoms with van der Waals surface area (Å²) < 4.78 is 0. The van der Waals surface area contributed by atoms with Gasteiger partial charge >= 0.3 is 6.03 Å². The van der Waals surface area contributed by atoms with Crippen LogP contribution in [0.2, 0.25) is 0 Å². The lowest BCUT2D eigenvalue weighted by Gasteiger charge is -2.34. The fraction of sp³-hybridized carbons (Fsp3) is 0.684. The van der Waals surface area contributed by atoms with Gasteiger partial charge in [0, 0.05) is 50.3 Å². The van der Waals surface area contributed by atoms with Crippen LogP contribution in [0.4, 0.5) is 10.5 Å². The van der Waals surface area contributed by atoms with Crippen molar-refractivity contribution >= 4 is 11.7 Å². The third kappa shape index (κ3) is 6.20. The van der Waals surface area contributed by atoms with Gasteiger partial charge in [-0.2, -0.15) is 0 Å². The second-order valence-corrected chi connectivity index (χ2v) is 7.25. The van der Waals surface area contributed by atoms with E-state index >= 15 is 0 Å². The van der Waals surface area contributed by atoms with Crippen molar-refractivity contribution in [2.24, 2.45) is 5.92 Å². The largest absolute Gasteiger partial charge is 0.392 e. The predicted molar refractivity (Wildman–Crippen MR) is 101 cm³/mol. The van der Waals surface area contributed by atoms with Crippen molar-refractivity contribution in [3.05, 3.63) is 24.5 Å². The molecule has 25 heavy (non-hydrogen) atoms. The summed E-state index contributed by atoms with van der Waals surface area (Å²) in [5.41, 5.74) is 1.24. The summed E-state index contributed by atoms with van der Waals surface area (Å²) in [4.78, 5) is 20.5. The quantitative estimate of drug-likeness (QED) is 0.794. The molecule has 0 saturated carbocycles. The molecule has 2 heterocycles. The highest BCUT2D eigenvalue weighted by molar-refractivity contribution is 5.74. The molecular weight excluding hydrogens is 316 g/mol. The van der Waals surface area contributed by atoms with Gasteiger partial charge in [0.1, 0.15) is 0 Å². The lowest BCUT2D eigenvalue weighted by Crippen LogP contribution is -2.47. The van der Waals surface area contributed by atoms with E-state index in [4.69, 9.17) is 0 Å². The number of amides is 2. The second-order valence-electron chi connectivity index (χ2n) is 7.25. The number of pyridine rings is 1. The van der Waals surface area contributed by atoms with Crippen molar-refractivity contribution in [1.29, 1.82) is 0 Å². The van der Waals surface area contributed by atoms with Crippen molar-refractivity contribution < 1.29 is 9.90 Å². The summed E-state index contributed by atoms with van der Waals surface area (Å²) in [6, 6.07) is 4.12. The molecule has 1 unspecified atom stereocenters. The number of aliphatic hydroxyl groups excluding tert-OH is 1. The van der Waals surface area contributed by atoms with Crippen molar-refractivity contribution in [3.63, 3.8) is 0 Å². The highest BCUT2D eigenvalue weighted by Gasteiger charge is 2.21. The van der Waals surface area contributed by atoms with Gasteiger partial charge in [0.2, 0.25) is 0 Å². The van der Waals surface area contributed by atoms with E-state index in [1.807, 2.05) is 26.2 Å². The van der Waals surface area contributed by atoms with E-state index in [0.29, 0.717) is 19.0 Å². The molecule has 1 aromatic heterocycles. The van der Waals surface area contributed by atoms with Crippen LogP contribution in [0.5, 0.6) is 0 Å². The molecule has 140 valence electrons. The van der Waals surface area contributed by atoms with Crippen LogP contribution in [0, 0.1) is 5.92 Å². The Kier molecular flexibility index (Phi) is 7.50. The zero-order chi connectivity index (χ0) is 18.2. The van der Waals surface area contributed by atoms with Crippen molar-refractivity contribution in [3.8, 4) is 0 Å². The van der Waals surface area contributed by atoms with Crippen LogP contribution in [-0.4, -0.2) is 59.3 Å². The molecule has 1 aromatic rings. The molecule has 1 fully saturated rings. The minimum absolute atomic E-state index is 0.0786. The van der Waals surface area contributed by atoms with Crippen molar-refractivity contribution in [1.82, 2.24) is 15.2 Å². The number of anilines is 1. The molecule has 0 radical (unpaired) electrons. The maximum atomic E-state index is 12.3. The van der Waals surface area contributed by atoms with Gasteiger partial charge in [-0.25, -0.2) is 4.79 Å². The van der Waals surface area contributed by atoms with Crippen LogP contribution in [0.15, 0.2) is 24.5 Å². The topological polar surface area (TPSA) is 68.7 Å². The SMILES string of the molecule is CC(O)CN(C(=O)NCCC1CCN(c2ccncc2)CC1)C(C)C. The first-order valence-corrected chi connectivity index (χ1v) is 9.35. The van der Waals surface area contributed by atoms with E-state index in [9.17, 15) is 9.90 Å². The second kappa shape index (κ2) is 9.61. The standard InChI is InChI=1S/C19H32N4O2/c1-15(2)23(14-16(3)24)19(25)21-11-4-17-7-12-22(13-8-17)18-5-9-20-10-6-18/h5-6,9-10,15-17,24H,4,7-8,11-14H2,1-3H3,(H,21,25). The van der Waals surface area contributed by atoms with Crippen LogP contribution < -0.4 is 10.2 Å². The zero-order valence-electron chi connectivity index (χ0n) is 15.7. The highest BCUT2D eigenvalue weighted by Crippen LogP contribution is 2.24. The van der Waals surface area contributed by atoms with Gasteiger partial charge in [0.15, 0.2) is 0 Å². The summed E-state index contributed by atoms with van der Waals surface area (Å²) >= 11 is 0. The van der Waals surface area contributed by atoms with Gasteiger partial charge < -0.3 is 20.2 Å². The van der Waals surface area contributed by atoms with E-state index in [0.717, 1.165) is 32.4 Å². The number of rotatable bonds is 7. The molecule has 0 aliphatic carbocycles. The molecule has 2 rings (SSSR count). The van der Waals surface area contributed by atoms with Crippen LogP contribution in [-0.2, 0) is 0 Å². The first kappa shape index (κ1) is 19.5. The van der Waals surface area contributed by atoms with E-state index < -0.39 is 6.10 Å². The highest BCUT2D eigenvalue weighted by atomic mass is 16.3. The van der Waals surface area contributed by atoms with E-state index in [1.165, 1.54) is 5.69 Å². The Labute approximate surface area is 151 Å². The number of aromatic nitrogens is 1. The number of urea groups is 1. The number of piperidine rings is 1. The molecule has 1 aliphatic rings. The van der Waals surface area contributed by atoms with Crippen molar-refractivity contribution in [2.45, 2.75) is 52.2 Å². The molecule has 0 bridgehead atoms. The molecule has 0 spiro atoms. The lowest BCUT2D eigenvalue weighted by atomic mass is 9.93. The molecule has 2 N–H and O–H groups in total.